The van der Waals surface area contributed by atoms with Gasteiger partial charge in [-0.3, -0.25) is 0 Å². The molecule has 1 aromatic carbocycles. The zero-order valence-corrected chi connectivity index (χ0v) is 18.4. The van der Waals surface area contributed by atoms with Crippen LogP contribution in [0.15, 0.2) is 29.8 Å². The minimum Gasteiger partial charge on any atom is -0.302 e. The first kappa shape index (κ1) is 18.4. The first-order valence-corrected chi connectivity index (χ1v) is 12.2. The molecule has 0 amide bonds. The molecule has 1 nitrogen and oxygen atoms in total. The van der Waals surface area contributed by atoms with Crippen molar-refractivity contribution in [3.8, 4) is 0 Å². The molecule has 8 atom stereocenters. The fourth-order valence-corrected chi connectivity index (χ4v) is 7.90. The van der Waals surface area contributed by atoms with Gasteiger partial charge in [0.05, 0.1) is 4.95 Å². The smallest absolute Gasteiger partial charge is 0.0632 e. The van der Waals surface area contributed by atoms with Gasteiger partial charge in [-0.15, -0.1) is 0 Å². The maximum atomic E-state index is 3.91. The fraction of sp³-hybridized carbons (Fsp3) is 0.680. The number of fused-ring (bicyclic) bond motifs is 3. The Kier molecular flexibility index (Phi) is 5.01. The number of piperidine rings is 1. The van der Waals surface area contributed by atoms with Gasteiger partial charge < -0.3 is 5.32 Å². The number of nitrogens with one attached hydrogen (secondary N) is 1. The lowest BCUT2D eigenvalue weighted by atomic mass is 9.62. The van der Waals surface area contributed by atoms with Crippen molar-refractivity contribution in [2.45, 2.75) is 69.8 Å². The Bertz CT molecular complexity index is 723. The van der Waals surface area contributed by atoms with E-state index in [9.17, 15) is 0 Å². The van der Waals surface area contributed by atoms with E-state index in [-0.39, 0.29) is 0 Å². The van der Waals surface area contributed by atoms with Crippen molar-refractivity contribution in [3.05, 3.63) is 41.0 Å². The molecule has 8 unspecified atom stereocenters. The summed E-state index contributed by atoms with van der Waals surface area (Å²) in [7, 11) is 0. The first-order valence-electron chi connectivity index (χ1n) is 11.3. The molecule has 0 spiro atoms. The van der Waals surface area contributed by atoms with Crippen molar-refractivity contribution in [1.29, 1.82) is 0 Å². The molecule has 27 heavy (non-hydrogen) atoms. The summed E-state index contributed by atoms with van der Waals surface area (Å²) in [5.41, 5.74) is 4.67. The summed E-state index contributed by atoms with van der Waals surface area (Å²) in [6.45, 7) is 5.13. The van der Waals surface area contributed by atoms with Gasteiger partial charge in [-0.1, -0.05) is 65.7 Å². The van der Waals surface area contributed by atoms with Gasteiger partial charge in [-0.2, -0.15) is 0 Å². The topological polar surface area (TPSA) is 12.0 Å². The third kappa shape index (κ3) is 3.35. The van der Waals surface area contributed by atoms with Crippen LogP contribution in [0.2, 0.25) is 0 Å². The van der Waals surface area contributed by atoms with Gasteiger partial charge >= 0.3 is 0 Å². The molecule has 2 heteroatoms. The Balaban J connectivity index is 1.27. The van der Waals surface area contributed by atoms with Gasteiger partial charge in [0.1, 0.15) is 0 Å². The van der Waals surface area contributed by atoms with Crippen LogP contribution in [0.5, 0.6) is 0 Å². The van der Waals surface area contributed by atoms with Crippen LogP contribution in [0.25, 0.3) is 6.08 Å². The molecule has 3 fully saturated rings. The van der Waals surface area contributed by atoms with Crippen molar-refractivity contribution in [3.63, 3.8) is 0 Å². The second-order valence-corrected chi connectivity index (χ2v) is 11.1. The van der Waals surface area contributed by atoms with E-state index in [1.807, 2.05) is 0 Å². The van der Waals surface area contributed by atoms with Crippen LogP contribution in [0, 0.1) is 35.5 Å². The Morgan fingerprint density at radius 2 is 1.89 bits per heavy atom. The van der Waals surface area contributed by atoms with Crippen molar-refractivity contribution in [2.75, 3.05) is 0 Å². The van der Waals surface area contributed by atoms with E-state index in [0.717, 1.165) is 41.5 Å². The molecule has 1 heterocycles. The highest BCUT2D eigenvalue weighted by Crippen LogP contribution is 2.56. The van der Waals surface area contributed by atoms with Crippen LogP contribution >= 0.6 is 15.9 Å². The van der Waals surface area contributed by atoms with Crippen molar-refractivity contribution in [1.82, 2.24) is 5.32 Å². The Labute approximate surface area is 173 Å². The van der Waals surface area contributed by atoms with Gasteiger partial charge in [-0.05, 0) is 91.6 Å². The van der Waals surface area contributed by atoms with E-state index in [4.69, 9.17) is 0 Å². The zero-order valence-electron chi connectivity index (χ0n) is 16.8. The number of alkyl halides is 1. The SMILES string of the molecule is CC1CC2C(C)C3CCC(Br)NC3CC2C1CCC1=Cc2ccccc2C1. The second-order valence-electron chi connectivity index (χ2n) is 10.00. The molecule has 5 rings (SSSR count). The van der Waals surface area contributed by atoms with Gasteiger partial charge in [-0.25, -0.2) is 0 Å². The lowest BCUT2D eigenvalue weighted by Crippen LogP contribution is -2.53. The number of allylic oxidation sites excluding steroid dienone is 1. The van der Waals surface area contributed by atoms with Crippen molar-refractivity contribution >= 4 is 22.0 Å². The highest BCUT2D eigenvalue weighted by Gasteiger charge is 2.51. The zero-order chi connectivity index (χ0) is 18.5. The Hall–Kier alpha value is -0.600. The number of hydrogen-bond acceptors (Lipinski definition) is 1. The lowest BCUT2D eigenvalue weighted by Gasteiger charge is -2.49. The van der Waals surface area contributed by atoms with Crippen molar-refractivity contribution < 1.29 is 0 Å². The number of rotatable bonds is 3. The standard InChI is InChI=1S/C25H34BrN/c1-15-11-22-16(2)21-9-10-25(26)27-24(21)14-23(22)20(15)8-7-17-12-18-5-3-4-6-19(18)13-17/h3-6,12,15-16,20-25,27H,7-11,13-14H2,1-2H3. The summed E-state index contributed by atoms with van der Waals surface area (Å²) in [4.78, 5) is 0.543. The van der Waals surface area contributed by atoms with Crippen LogP contribution < -0.4 is 5.32 Å². The maximum absolute atomic E-state index is 3.91. The highest BCUT2D eigenvalue weighted by atomic mass is 79.9. The lowest BCUT2D eigenvalue weighted by molar-refractivity contribution is 0.0447. The van der Waals surface area contributed by atoms with Crippen LogP contribution in [-0.2, 0) is 6.42 Å². The summed E-state index contributed by atoms with van der Waals surface area (Å²) >= 11 is 3.84. The monoisotopic (exact) mass is 427 g/mol. The van der Waals surface area contributed by atoms with E-state index < -0.39 is 0 Å². The molecule has 2 saturated carbocycles. The van der Waals surface area contributed by atoms with Crippen molar-refractivity contribution in [2.24, 2.45) is 35.5 Å². The third-order valence-electron chi connectivity index (χ3n) is 8.65. The molecule has 1 N–H and O–H groups in total. The van der Waals surface area contributed by atoms with Crippen LogP contribution in [-0.4, -0.2) is 11.0 Å². The van der Waals surface area contributed by atoms with E-state index in [2.05, 4.69) is 65.4 Å². The summed E-state index contributed by atoms with van der Waals surface area (Å²) < 4.78 is 0. The number of hydrogen-bond donors (Lipinski definition) is 1. The van der Waals surface area contributed by atoms with Gasteiger partial charge in [0.25, 0.3) is 0 Å². The van der Waals surface area contributed by atoms with Crippen LogP contribution in [0.4, 0.5) is 0 Å². The normalized spacial score (nSPS) is 43.0. The molecule has 1 aliphatic heterocycles. The minimum absolute atomic E-state index is 0.543. The summed E-state index contributed by atoms with van der Waals surface area (Å²) in [5.74, 6) is 5.59. The average Bonchev–Trinajstić information content (AvgIpc) is 3.20. The molecular weight excluding hydrogens is 394 g/mol. The molecule has 0 aromatic heterocycles. The summed E-state index contributed by atoms with van der Waals surface area (Å²) in [6, 6.07) is 9.71. The molecule has 146 valence electrons. The van der Waals surface area contributed by atoms with E-state index in [0.29, 0.717) is 4.95 Å². The Morgan fingerprint density at radius 3 is 2.74 bits per heavy atom. The van der Waals surface area contributed by atoms with Gasteiger partial charge in [0.2, 0.25) is 0 Å². The van der Waals surface area contributed by atoms with E-state index in [1.165, 1.54) is 56.1 Å². The Morgan fingerprint density at radius 1 is 1.04 bits per heavy atom. The largest absolute Gasteiger partial charge is 0.302 e. The van der Waals surface area contributed by atoms with E-state index in [1.54, 1.807) is 5.57 Å². The predicted octanol–water partition coefficient (Wildman–Crippen LogP) is 6.42. The molecule has 1 aromatic rings. The predicted molar refractivity (Wildman–Crippen MR) is 118 cm³/mol. The maximum Gasteiger partial charge on any atom is 0.0632 e. The number of benzene rings is 1. The molecule has 4 aliphatic rings. The number of halogens is 1. The van der Waals surface area contributed by atoms with E-state index >= 15 is 0 Å². The molecule has 0 bridgehead atoms. The summed E-state index contributed by atoms with van der Waals surface area (Å²) in [6.07, 6.45) is 12.0. The minimum atomic E-state index is 0.543. The molecule has 1 saturated heterocycles. The highest BCUT2D eigenvalue weighted by molar-refractivity contribution is 9.09. The molecule has 0 radical (unpaired) electrons. The summed E-state index contributed by atoms with van der Waals surface area (Å²) in [5, 5.41) is 3.91. The molecule has 3 aliphatic carbocycles. The van der Waals surface area contributed by atoms with Gasteiger partial charge in [0.15, 0.2) is 0 Å². The average molecular weight is 428 g/mol. The van der Waals surface area contributed by atoms with Gasteiger partial charge in [0, 0.05) is 6.04 Å². The van der Waals surface area contributed by atoms with Crippen LogP contribution in [0.1, 0.15) is 63.5 Å². The fourth-order valence-electron chi connectivity index (χ4n) is 7.30. The first-order chi connectivity index (χ1) is 13.1. The molecular formula is C25H34BrN. The van der Waals surface area contributed by atoms with Crippen LogP contribution in [0.3, 0.4) is 0 Å². The quantitative estimate of drug-likeness (QED) is 0.433. The third-order valence-corrected chi connectivity index (χ3v) is 9.37. The second kappa shape index (κ2) is 7.34.